The van der Waals surface area contributed by atoms with Gasteiger partial charge in [0.25, 0.3) is 0 Å². The number of hydrogen-bond donors (Lipinski definition) is 2. The molecule has 2 atom stereocenters. The molecule has 0 aliphatic carbocycles. The maximum absolute atomic E-state index is 12.4. The summed E-state index contributed by atoms with van der Waals surface area (Å²) in [4.78, 5) is 23.8. The standard InChI is InChI=1S/C27H28NO4Si/c1-27(2)21-13-7-9-15-24(21)33(27)23-14-8-6-12-20(23)25(30)22(16-17-29)28-26(31)32-18-19-10-4-3-5-11-19/h3-15,17,22,25,30H,16,18H2,1-2H3,(H,28,31)/t22-,25?/m0/s1. The predicted molar refractivity (Wildman–Crippen MR) is 130 cm³/mol. The first-order valence-electron chi connectivity index (χ1n) is 11.1. The molecule has 0 aromatic heterocycles. The summed E-state index contributed by atoms with van der Waals surface area (Å²) in [5, 5.41) is 16.5. The van der Waals surface area contributed by atoms with Gasteiger partial charge in [-0.2, -0.15) is 0 Å². The summed E-state index contributed by atoms with van der Waals surface area (Å²) in [5.74, 6) is 0. The first-order chi connectivity index (χ1) is 15.9. The van der Waals surface area contributed by atoms with Gasteiger partial charge in [-0.15, -0.1) is 0 Å². The number of aldehydes is 1. The van der Waals surface area contributed by atoms with Crippen LogP contribution in [-0.2, 0) is 21.2 Å². The molecule has 2 N–H and O–H groups in total. The van der Waals surface area contributed by atoms with Crippen LogP contribution in [0.4, 0.5) is 4.79 Å². The summed E-state index contributed by atoms with van der Waals surface area (Å²) in [7, 11) is -1.15. The number of aliphatic hydroxyl groups excluding tert-OH is 1. The van der Waals surface area contributed by atoms with Gasteiger partial charge in [0, 0.05) is 6.42 Å². The number of ether oxygens (including phenoxy) is 1. The van der Waals surface area contributed by atoms with Crippen LogP contribution in [0, 0.1) is 0 Å². The van der Waals surface area contributed by atoms with Gasteiger partial charge in [-0.05, 0) is 26.9 Å². The molecule has 0 saturated carbocycles. The summed E-state index contributed by atoms with van der Waals surface area (Å²) in [6.07, 6.45) is -0.995. The van der Waals surface area contributed by atoms with E-state index in [2.05, 4.69) is 49.5 Å². The summed E-state index contributed by atoms with van der Waals surface area (Å²) >= 11 is 0. The first-order valence-corrected chi connectivity index (χ1v) is 12.6. The van der Waals surface area contributed by atoms with Crippen LogP contribution in [0.2, 0.25) is 0 Å². The van der Waals surface area contributed by atoms with Crippen LogP contribution >= 0.6 is 0 Å². The Morgan fingerprint density at radius 1 is 1.00 bits per heavy atom. The normalized spacial score (nSPS) is 16.1. The van der Waals surface area contributed by atoms with Crippen molar-refractivity contribution >= 4 is 31.5 Å². The summed E-state index contributed by atoms with van der Waals surface area (Å²) < 4.78 is 5.31. The Morgan fingerprint density at radius 3 is 2.36 bits per heavy atom. The Morgan fingerprint density at radius 2 is 1.64 bits per heavy atom. The smallest absolute Gasteiger partial charge is 0.407 e. The van der Waals surface area contributed by atoms with E-state index in [4.69, 9.17) is 4.74 Å². The van der Waals surface area contributed by atoms with Crippen LogP contribution < -0.4 is 15.7 Å². The Balaban J connectivity index is 1.54. The highest BCUT2D eigenvalue weighted by Crippen LogP contribution is 2.35. The average molecular weight is 459 g/mol. The Kier molecular flexibility index (Phi) is 6.77. The molecule has 0 fully saturated rings. The molecule has 3 aromatic carbocycles. The quantitative estimate of drug-likeness (QED) is 0.402. The molecule has 6 heteroatoms. The lowest BCUT2D eigenvalue weighted by atomic mass is 9.99. The number of fused-ring (bicyclic) bond motifs is 1. The minimum Gasteiger partial charge on any atom is -0.445 e. The highest BCUT2D eigenvalue weighted by Gasteiger charge is 2.48. The topological polar surface area (TPSA) is 75.6 Å². The highest BCUT2D eigenvalue weighted by atomic mass is 28.3. The monoisotopic (exact) mass is 458 g/mol. The van der Waals surface area contributed by atoms with E-state index in [1.165, 1.54) is 10.8 Å². The number of benzene rings is 3. The van der Waals surface area contributed by atoms with Gasteiger partial charge in [-0.1, -0.05) is 97.9 Å². The van der Waals surface area contributed by atoms with Gasteiger partial charge in [0.15, 0.2) is 0 Å². The van der Waals surface area contributed by atoms with E-state index in [-0.39, 0.29) is 18.1 Å². The number of hydrogen-bond acceptors (Lipinski definition) is 4. The molecule has 4 rings (SSSR count). The number of carbonyl (C=O) groups is 2. The molecular weight excluding hydrogens is 430 g/mol. The third kappa shape index (κ3) is 4.63. The van der Waals surface area contributed by atoms with Gasteiger partial charge in [0.2, 0.25) is 0 Å². The van der Waals surface area contributed by atoms with Crippen molar-refractivity contribution in [3.8, 4) is 0 Å². The number of alkyl carbamates (subject to hydrolysis) is 1. The van der Waals surface area contributed by atoms with Gasteiger partial charge < -0.3 is 20.0 Å². The second kappa shape index (κ2) is 9.73. The maximum Gasteiger partial charge on any atom is 0.407 e. The molecule has 0 bridgehead atoms. The van der Waals surface area contributed by atoms with E-state index in [1.54, 1.807) is 0 Å². The van der Waals surface area contributed by atoms with E-state index < -0.39 is 27.0 Å². The summed E-state index contributed by atoms with van der Waals surface area (Å²) in [6, 6.07) is 24.8. The van der Waals surface area contributed by atoms with Crippen molar-refractivity contribution in [1.29, 1.82) is 0 Å². The predicted octanol–water partition coefficient (Wildman–Crippen LogP) is 3.04. The Bertz CT molecular complexity index is 1130. The number of amides is 1. The highest BCUT2D eigenvalue weighted by molar-refractivity contribution is 6.92. The van der Waals surface area contributed by atoms with Gasteiger partial charge >= 0.3 is 6.09 Å². The van der Waals surface area contributed by atoms with Gasteiger partial charge in [0.1, 0.15) is 21.7 Å². The largest absolute Gasteiger partial charge is 0.445 e. The molecule has 1 aliphatic heterocycles. The molecule has 169 valence electrons. The number of rotatable bonds is 8. The second-order valence-corrected chi connectivity index (χ2v) is 11.9. The summed E-state index contributed by atoms with van der Waals surface area (Å²) in [6.45, 7) is 4.61. The second-order valence-electron chi connectivity index (χ2n) is 8.79. The zero-order chi connectivity index (χ0) is 23.4. The van der Waals surface area contributed by atoms with Crippen LogP contribution in [0.3, 0.4) is 0 Å². The molecule has 1 aliphatic rings. The molecule has 0 spiro atoms. The number of carbonyl (C=O) groups excluding carboxylic acids is 2. The Labute approximate surface area is 196 Å². The lowest BCUT2D eigenvalue weighted by Crippen LogP contribution is -2.68. The van der Waals surface area contributed by atoms with Crippen molar-refractivity contribution in [2.45, 2.75) is 44.1 Å². The molecule has 0 saturated heterocycles. The minimum absolute atomic E-state index is 0.0132. The van der Waals surface area contributed by atoms with Crippen molar-refractivity contribution in [2.75, 3.05) is 0 Å². The minimum atomic E-state index is -1.15. The van der Waals surface area contributed by atoms with Crippen molar-refractivity contribution in [3.05, 3.63) is 95.6 Å². The van der Waals surface area contributed by atoms with Crippen LogP contribution in [0.15, 0.2) is 78.9 Å². The van der Waals surface area contributed by atoms with Crippen LogP contribution in [0.5, 0.6) is 0 Å². The molecule has 5 nitrogen and oxygen atoms in total. The van der Waals surface area contributed by atoms with Gasteiger partial charge in [0.05, 0.1) is 12.1 Å². The van der Waals surface area contributed by atoms with E-state index in [0.717, 1.165) is 16.3 Å². The average Bonchev–Trinajstić information content (AvgIpc) is 2.83. The van der Waals surface area contributed by atoms with Crippen molar-refractivity contribution in [2.24, 2.45) is 0 Å². The van der Waals surface area contributed by atoms with Gasteiger partial charge in [-0.3, -0.25) is 0 Å². The third-order valence-corrected chi connectivity index (χ3v) is 9.78. The zero-order valence-corrected chi connectivity index (χ0v) is 19.8. The number of aliphatic hydroxyl groups is 1. The maximum atomic E-state index is 12.4. The van der Waals surface area contributed by atoms with E-state index in [1.807, 2.05) is 48.5 Å². The van der Waals surface area contributed by atoms with Gasteiger partial charge in [-0.25, -0.2) is 4.79 Å². The Hall–Kier alpha value is -3.22. The van der Waals surface area contributed by atoms with Crippen LogP contribution in [-0.4, -0.2) is 32.3 Å². The van der Waals surface area contributed by atoms with E-state index >= 15 is 0 Å². The van der Waals surface area contributed by atoms with Crippen molar-refractivity contribution < 1.29 is 19.4 Å². The van der Waals surface area contributed by atoms with Crippen LogP contribution in [0.1, 0.15) is 43.1 Å². The molecule has 1 heterocycles. The molecular formula is C27H28NO4Si. The fourth-order valence-electron chi connectivity index (χ4n) is 4.62. The van der Waals surface area contributed by atoms with Crippen molar-refractivity contribution in [1.82, 2.24) is 5.32 Å². The van der Waals surface area contributed by atoms with Crippen LogP contribution in [0.25, 0.3) is 0 Å². The fourth-order valence-corrected chi connectivity index (χ4v) is 8.27. The van der Waals surface area contributed by atoms with E-state index in [9.17, 15) is 14.7 Å². The third-order valence-electron chi connectivity index (χ3n) is 6.29. The number of nitrogens with one attached hydrogen (secondary N) is 1. The van der Waals surface area contributed by atoms with E-state index in [0.29, 0.717) is 6.29 Å². The lowest BCUT2D eigenvalue weighted by molar-refractivity contribution is -0.108. The molecule has 3 aromatic rings. The fraction of sp³-hybridized carbons (Fsp3) is 0.259. The molecule has 1 unspecified atom stereocenters. The SMILES string of the molecule is CC1(C)c2ccccc2[Si]1c1ccccc1C(O)[C@H](CC=O)NC(=O)OCc1ccccc1. The summed E-state index contributed by atoms with van der Waals surface area (Å²) in [5.41, 5.74) is 2.96. The molecule has 33 heavy (non-hydrogen) atoms. The molecule has 1 radical (unpaired) electrons. The molecule has 1 amide bonds. The lowest BCUT2D eigenvalue weighted by Gasteiger charge is -2.46. The van der Waals surface area contributed by atoms with Crippen molar-refractivity contribution in [3.63, 3.8) is 0 Å². The zero-order valence-electron chi connectivity index (χ0n) is 18.8. The first kappa shape index (κ1) is 23.0.